The van der Waals surface area contributed by atoms with E-state index in [-0.39, 0.29) is 12.9 Å². The average Bonchev–Trinajstić information content (AvgIpc) is 2.90. The van der Waals surface area contributed by atoms with Gasteiger partial charge in [0.2, 0.25) is 6.79 Å². The van der Waals surface area contributed by atoms with Crippen LogP contribution in [0.4, 0.5) is 4.79 Å². The fourth-order valence-electron chi connectivity index (χ4n) is 2.03. The van der Waals surface area contributed by atoms with E-state index in [1.165, 1.54) is 0 Å². The Morgan fingerprint density at radius 3 is 2.83 bits per heavy atom. The average molecular weight is 343 g/mol. The van der Waals surface area contributed by atoms with Crippen LogP contribution in [0.3, 0.4) is 0 Å². The summed E-state index contributed by atoms with van der Waals surface area (Å²) in [5.74, 6) is 1.26. The van der Waals surface area contributed by atoms with Gasteiger partial charge in [0, 0.05) is 26.7 Å². The summed E-state index contributed by atoms with van der Waals surface area (Å²) in [6.07, 6.45) is -0.328. The lowest BCUT2D eigenvalue weighted by atomic mass is 10.2. The van der Waals surface area contributed by atoms with Crippen LogP contribution in [0.15, 0.2) is 12.1 Å². The molecule has 1 aromatic carbocycles. The summed E-state index contributed by atoms with van der Waals surface area (Å²) in [7, 11) is 1.72. The van der Waals surface area contributed by atoms with Gasteiger partial charge in [-0.2, -0.15) is 0 Å². The van der Waals surface area contributed by atoms with Crippen LogP contribution in [0, 0.1) is 0 Å². The number of hydrogen-bond acceptors (Lipinski definition) is 5. The third-order valence-electron chi connectivity index (χ3n) is 3.15. The van der Waals surface area contributed by atoms with Crippen molar-refractivity contribution in [1.82, 2.24) is 10.2 Å². The largest absolute Gasteiger partial charge is 0.454 e. The van der Waals surface area contributed by atoms with E-state index in [1.807, 2.05) is 32.9 Å². The Kier molecular flexibility index (Phi) is 5.59. The number of nitrogens with zero attached hydrogens (tertiary/aromatic N) is 1. The lowest BCUT2D eigenvalue weighted by Crippen LogP contribution is -2.37. The summed E-state index contributed by atoms with van der Waals surface area (Å²) in [4.78, 5) is 13.4. The highest BCUT2D eigenvalue weighted by Gasteiger charge is 2.20. The molecule has 0 spiro atoms. The Labute approximate surface area is 141 Å². The van der Waals surface area contributed by atoms with E-state index in [4.69, 9.17) is 25.8 Å². The van der Waals surface area contributed by atoms with Crippen molar-refractivity contribution in [2.75, 3.05) is 26.9 Å². The Balaban J connectivity index is 1.75. The van der Waals surface area contributed by atoms with Crippen molar-refractivity contribution in [3.8, 4) is 11.5 Å². The highest BCUT2D eigenvalue weighted by Crippen LogP contribution is 2.39. The van der Waals surface area contributed by atoms with E-state index < -0.39 is 5.60 Å². The molecule has 0 saturated carbocycles. The molecule has 0 aliphatic carbocycles. The molecular formula is C16H23ClN2O4. The van der Waals surface area contributed by atoms with Gasteiger partial charge in [-0.1, -0.05) is 11.6 Å². The summed E-state index contributed by atoms with van der Waals surface area (Å²) < 4.78 is 15.9. The molecule has 1 aliphatic heterocycles. The van der Waals surface area contributed by atoms with Crippen LogP contribution in [0.1, 0.15) is 26.3 Å². The third kappa shape index (κ3) is 5.18. The van der Waals surface area contributed by atoms with Gasteiger partial charge in [0.25, 0.3) is 0 Å². The molecule has 1 heterocycles. The quantitative estimate of drug-likeness (QED) is 0.833. The minimum atomic E-state index is -0.484. The Hall–Kier alpha value is -1.66. The van der Waals surface area contributed by atoms with Crippen LogP contribution in [0.25, 0.3) is 0 Å². The van der Waals surface area contributed by atoms with E-state index in [9.17, 15) is 4.79 Å². The van der Waals surface area contributed by atoms with Gasteiger partial charge in [0.1, 0.15) is 5.60 Å². The molecule has 1 N–H and O–H groups in total. The minimum absolute atomic E-state index is 0.201. The number of benzene rings is 1. The zero-order valence-electron chi connectivity index (χ0n) is 13.9. The van der Waals surface area contributed by atoms with Crippen molar-refractivity contribution in [3.63, 3.8) is 0 Å². The molecule has 0 aromatic heterocycles. The number of nitrogens with one attached hydrogen (secondary N) is 1. The monoisotopic (exact) mass is 342 g/mol. The molecule has 1 aliphatic rings. The highest BCUT2D eigenvalue weighted by atomic mass is 35.5. The number of rotatable bonds is 5. The number of ether oxygens (including phenoxy) is 3. The summed E-state index contributed by atoms with van der Waals surface area (Å²) >= 11 is 6.14. The minimum Gasteiger partial charge on any atom is -0.454 e. The molecule has 0 fully saturated rings. The Morgan fingerprint density at radius 2 is 2.13 bits per heavy atom. The number of halogens is 1. The number of amides is 1. The molecule has 0 bridgehead atoms. The SMILES string of the molecule is CN(CCNCc1cc(Cl)c2c(c1)OCO2)C(=O)OC(C)(C)C. The van der Waals surface area contributed by atoms with Gasteiger partial charge in [-0.3, -0.25) is 0 Å². The highest BCUT2D eigenvalue weighted by molar-refractivity contribution is 6.32. The van der Waals surface area contributed by atoms with E-state index >= 15 is 0 Å². The molecule has 7 heteroatoms. The molecule has 2 rings (SSSR count). The van der Waals surface area contributed by atoms with E-state index in [0.29, 0.717) is 36.2 Å². The topological polar surface area (TPSA) is 60.0 Å². The smallest absolute Gasteiger partial charge is 0.410 e. The standard InChI is InChI=1S/C16H23ClN2O4/c1-16(2,3)23-15(20)19(4)6-5-18-9-11-7-12(17)14-13(8-11)21-10-22-14/h7-8,18H,5-6,9-10H2,1-4H3. The molecule has 1 aromatic rings. The summed E-state index contributed by atoms with van der Waals surface area (Å²) in [6, 6.07) is 3.75. The molecule has 128 valence electrons. The normalized spacial score (nSPS) is 13.1. The summed E-state index contributed by atoms with van der Waals surface area (Å²) in [5.41, 5.74) is 0.515. The maximum atomic E-state index is 11.8. The number of carbonyl (C=O) groups excluding carboxylic acids is 1. The van der Waals surface area contributed by atoms with Gasteiger partial charge in [0.15, 0.2) is 11.5 Å². The molecule has 0 saturated heterocycles. The predicted octanol–water partition coefficient (Wildman–Crippen LogP) is 3.03. The second-order valence-electron chi connectivity index (χ2n) is 6.39. The van der Waals surface area contributed by atoms with E-state index in [2.05, 4.69) is 5.32 Å². The van der Waals surface area contributed by atoms with Crippen molar-refractivity contribution >= 4 is 17.7 Å². The molecule has 6 nitrogen and oxygen atoms in total. The van der Waals surface area contributed by atoms with Gasteiger partial charge in [0.05, 0.1) is 5.02 Å². The molecule has 0 atom stereocenters. The fraction of sp³-hybridized carbons (Fsp3) is 0.562. The molecule has 23 heavy (non-hydrogen) atoms. The zero-order chi connectivity index (χ0) is 17.0. The first kappa shape index (κ1) is 17.7. The summed E-state index contributed by atoms with van der Waals surface area (Å²) in [5, 5.41) is 3.81. The van der Waals surface area contributed by atoms with Gasteiger partial charge in [-0.25, -0.2) is 4.79 Å². The molecule has 0 unspecified atom stereocenters. The number of fused-ring (bicyclic) bond motifs is 1. The zero-order valence-corrected chi connectivity index (χ0v) is 14.7. The van der Waals surface area contributed by atoms with Crippen LogP contribution in [-0.4, -0.2) is 43.5 Å². The maximum Gasteiger partial charge on any atom is 0.410 e. The van der Waals surface area contributed by atoms with Crippen LogP contribution in [0.5, 0.6) is 11.5 Å². The van der Waals surface area contributed by atoms with Gasteiger partial charge in [-0.15, -0.1) is 0 Å². The van der Waals surface area contributed by atoms with Crippen LogP contribution >= 0.6 is 11.6 Å². The first-order valence-electron chi connectivity index (χ1n) is 7.49. The maximum absolute atomic E-state index is 11.8. The van der Waals surface area contributed by atoms with Crippen molar-refractivity contribution in [3.05, 3.63) is 22.7 Å². The summed E-state index contributed by atoms with van der Waals surface area (Å²) in [6.45, 7) is 7.56. The van der Waals surface area contributed by atoms with Crippen molar-refractivity contribution < 1.29 is 19.0 Å². The Bertz CT molecular complexity index is 572. The third-order valence-corrected chi connectivity index (χ3v) is 3.43. The second-order valence-corrected chi connectivity index (χ2v) is 6.80. The van der Waals surface area contributed by atoms with Crippen LogP contribution in [-0.2, 0) is 11.3 Å². The molecule has 1 amide bonds. The lowest BCUT2D eigenvalue weighted by Gasteiger charge is -2.24. The second kappa shape index (κ2) is 7.27. The molecule has 0 radical (unpaired) electrons. The lowest BCUT2D eigenvalue weighted by molar-refractivity contribution is 0.0300. The predicted molar refractivity (Wildman–Crippen MR) is 88.1 cm³/mol. The van der Waals surface area contributed by atoms with E-state index in [1.54, 1.807) is 11.9 Å². The Morgan fingerprint density at radius 1 is 1.39 bits per heavy atom. The van der Waals surface area contributed by atoms with Gasteiger partial charge in [-0.05, 0) is 38.5 Å². The first-order valence-corrected chi connectivity index (χ1v) is 7.87. The van der Waals surface area contributed by atoms with Crippen molar-refractivity contribution in [1.29, 1.82) is 0 Å². The van der Waals surface area contributed by atoms with Gasteiger partial charge >= 0.3 is 6.09 Å². The van der Waals surface area contributed by atoms with E-state index in [0.717, 1.165) is 5.56 Å². The number of likely N-dealkylation sites (N-methyl/N-ethyl adjacent to an activating group) is 1. The van der Waals surface area contributed by atoms with Crippen molar-refractivity contribution in [2.24, 2.45) is 0 Å². The van der Waals surface area contributed by atoms with Gasteiger partial charge < -0.3 is 24.4 Å². The first-order chi connectivity index (χ1) is 10.8. The van der Waals surface area contributed by atoms with Crippen LogP contribution in [0.2, 0.25) is 5.02 Å². The fourth-order valence-corrected chi connectivity index (χ4v) is 2.32. The van der Waals surface area contributed by atoms with Crippen LogP contribution < -0.4 is 14.8 Å². The number of hydrogen-bond donors (Lipinski definition) is 1. The number of carbonyl (C=O) groups is 1. The van der Waals surface area contributed by atoms with Crippen molar-refractivity contribution in [2.45, 2.75) is 32.9 Å². The molecular weight excluding hydrogens is 320 g/mol.